The van der Waals surface area contributed by atoms with Crippen molar-refractivity contribution in [3.05, 3.63) is 40.9 Å². The van der Waals surface area contributed by atoms with Crippen LogP contribution in [0.3, 0.4) is 0 Å². The Hall–Kier alpha value is -1.19. The van der Waals surface area contributed by atoms with Gasteiger partial charge in [0.05, 0.1) is 11.5 Å². The third-order valence-electron chi connectivity index (χ3n) is 2.92. The molecule has 0 amide bonds. The maximum atomic E-state index is 8.99. The number of hydrogen-bond acceptors (Lipinski definition) is 3. The highest BCUT2D eigenvalue weighted by molar-refractivity contribution is 7.15. The molecule has 2 nitrogen and oxygen atoms in total. The molecule has 0 radical (unpaired) electrons. The molecule has 1 saturated carbocycles. The van der Waals surface area contributed by atoms with Crippen molar-refractivity contribution in [2.75, 3.05) is 0 Å². The molecule has 1 heterocycles. The molecule has 1 aromatic carbocycles. The lowest BCUT2D eigenvalue weighted by atomic mass is 10.1. The summed E-state index contributed by atoms with van der Waals surface area (Å²) in [7, 11) is 0. The van der Waals surface area contributed by atoms with Gasteiger partial charge in [0.25, 0.3) is 0 Å². The summed E-state index contributed by atoms with van der Waals surface area (Å²) >= 11 is 1.55. The maximum absolute atomic E-state index is 8.99. The molecule has 3 rings (SSSR count). The predicted molar refractivity (Wildman–Crippen MR) is 65.4 cm³/mol. The van der Waals surface area contributed by atoms with E-state index in [0.29, 0.717) is 0 Å². The summed E-state index contributed by atoms with van der Waals surface area (Å²) in [5.74, 6) is 0.804. The van der Waals surface area contributed by atoms with Crippen LogP contribution in [0.5, 0.6) is 0 Å². The van der Waals surface area contributed by atoms with Crippen LogP contribution in [0.25, 0.3) is 10.6 Å². The highest BCUT2D eigenvalue weighted by atomic mass is 32.1. The van der Waals surface area contributed by atoms with Gasteiger partial charge in [-0.1, -0.05) is 24.3 Å². The SMILES string of the molecule is OCc1cnc(-c2ccc(C3CC3)cc2)s1. The van der Waals surface area contributed by atoms with Crippen molar-refractivity contribution < 1.29 is 5.11 Å². The van der Waals surface area contributed by atoms with Crippen LogP contribution in [0.4, 0.5) is 0 Å². The van der Waals surface area contributed by atoms with Gasteiger partial charge in [0.2, 0.25) is 0 Å². The molecule has 1 aliphatic carbocycles. The number of benzene rings is 1. The van der Waals surface area contributed by atoms with Crippen molar-refractivity contribution in [1.82, 2.24) is 4.98 Å². The van der Waals surface area contributed by atoms with Crippen LogP contribution in [0.2, 0.25) is 0 Å². The maximum Gasteiger partial charge on any atom is 0.123 e. The lowest BCUT2D eigenvalue weighted by molar-refractivity contribution is 0.285. The second kappa shape index (κ2) is 4.00. The lowest BCUT2D eigenvalue weighted by Gasteiger charge is -1.99. The van der Waals surface area contributed by atoms with E-state index in [0.717, 1.165) is 21.4 Å². The zero-order chi connectivity index (χ0) is 11.0. The molecular formula is C13H13NOS. The van der Waals surface area contributed by atoms with Crippen molar-refractivity contribution in [1.29, 1.82) is 0 Å². The monoisotopic (exact) mass is 231 g/mol. The van der Waals surface area contributed by atoms with E-state index in [1.807, 2.05) is 0 Å². The summed E-state index contributed by atoms with van der Waals surface area (Å²) in [6.45, 7) is 0.0812. The van der Waals surface area contributed by atoms with Gasteiger partial charge in [0, 0.05) is 11.8 Å². The first-order chi connectivity index (χ1) is 7.86. The Bertz CT molecular complexity index is 485. The number of rotatable bonds is 3. The van der Waals surface area contributed by atoms with Gasteiger partial charge in [0.15, 0.2) is 0 Å². The molecule has 0 aliphatic heterocycles. The number of hydrogen-bond donors (Lipinski definition) is 1. The number of aromatic nitrogens is 1. The van der Waals surface area contributed by atoms with Crippen LogP contribution in [-0.2, 0) is 6.61 Å². The molecule has 3 heteroatoms. The number of aliphatic hydroxyl groups excluding tert-OH is 1. The fourth-order valence-corrected chi connectivity index (χ4v) is 2.61. The van der Waals surface area contributed by atoms with E-state index in [-0.39, 0.29) is 6.61 Å². The summed E-state index contributed by atoms with van der Waals surface area (Å²) in [4.78, 5) is 5.22. The van der Waals surface area contributed by atoms with Crippen LogP contribution in [0.1, 0.15) is 29.2 Å². The molecule has 0 saturated heterocycles. The molecule has 1 N–H and O–H groups in total. The number of aliphatic hydroxyl groups is 1. The second-order valence-electron chi connectivity index (χ2n) is 4.19. The third kappa shape index (κ3) is 1.88. The van der Waals surface area contributed by atoms with Gasteiger partial charge in [-0.05, 0) is 24.3 Å². The molecule has 1 aromatic heterocycles. The predicted octanol–water partition coefficient (Wildman–Crippen LogP) is 3.18. The van der Waals surface area contributed by atoms with Crippen LogP contribution in [-0.4, -0.2) is 10.1 Å². The Morgan fingerprint density at radius 3 is 2.56 bits per heavy atom. The quantitative estimate of drug-likeness (QED) is 0.880. The van der Waals surface area contributed by atoms with Gasteiger partial charge < -0.3 is 5.11 Å². The summed E-state index contributed by atoms with van der Waals surface area (Å²) < 4.78 is 0. The zero-order valence-electron chi connectivity index (χ0n) is 8.89. The van der Waals surface area contributed by atoms with E-state index in [4.69, 9.17) is 5.11 Å². The first-order valence-corrected chi connectivity index (χ1v) is 6.34. The van der Waals surface area contributed by atoms with E-state index >= 15 is 0 Å². The van der Waals surface area contributed by atoms with Crippen LogP contribution >= 0.6 is 11.3 Å². The largest absolute Gasteiger partial charge is 0.391 e. The average molecular weight is 231 g/mol. The number of nitrogens with zero attached hydrogens (tertiary/aromatic N) is 1. The molecule has 0 atom stereocenters. The summed E-state index contributed by atoms with van der Waals surface area (Å²) in [5, 5.41) is 9.99. The van der Waals surface area contributed by atoms with Gasteiger partial charge >= 0.3 is 0 Å². The van der Waals surface area contributed by atoms with Crippen LogP contribution < -0.4 is 0 Å². The lowest BCUT2D eigenvalue weighted by Crippen LogP contribution is -1.79. The minimum Gasteiger partial charge on any atom is -0.391 e. The molecule has 2 aromatic rings. The first kappa shape index (κ1) is 10.00. The van der Waals surface area contributed by atoms with Gasteiger partial charge in [-0.25, -0.2) is 4.98 Å². The highest BCUT2D eigenvalue weighted by Crippen LogP contribution is 2.40. The molecule has 82 valence electrons. The van der Waals surface area contributed by atoms with Crippen LogP contribution in [0.15, 0.2) is 30.5 Å². The molecule has 0 bridgehead atoms. The normalized spacial score (nSPS) is 15.3. The third-order valence-corrected chi connectivity index (χ3v) is 3.95. The molecule has 0 spiro atoms. The van der Waals surface area contributed by atoms with E-state index in [1.54, 1.807) is 17.5 Å². The highest BCUT2D eigenvalue weighted by Gasteiger charge is 2.23. The fraction of sp³-hybridized carbons (Fsp3) is 0.308. The Kier molecular flexibility index (Phi) is 2.50. The zero-order valence-corrected chi connectivity index (χ0v) is 9.70. The average Bonchev–Trinajstić information content (AvgIpc) is 3.07. The Balaban J connectivity index is 1.87. The Labute approximate surface area is 98.6 Å². The van der Waals surface area contributed by atoms with Gasteiger partial charge in [-0.2, -0.15) is 0 Å². The smallest absolute Gasteiger partial charge is 0.123 e. The van der Waals surface area contributed by atoms with Crippen molar-refractivity contribution in [3.8, 4) is 10.6 Å². The van der Waals surface area contributed by atoms with Crippen molar-refractivity contribution in [2.45, 2.75) is 25.4 Å². The standard InChI is InChI=1S/C13H13NOS/c15-8-12-7-14-13(16-12)11-5-3-10(4-6-11)9-1-2-9/h3-7,9,15H,1-2,8H2. The van der Waals surface area contributed by atoms with Crippen molar-refractivity contribution in [3.63, 3.8) is 0 Å². The summed E-state index contributed by atoms with van der Waals surface area (Å²) in [6.07, 6.45) is 4.42. The molecule has 16 heavy (non-hydrogen) atoms. The van der Waals surface area contributed by atoms with E-state index < -0.39 is 0 Å². The molecule has 1 fully saturated rings. The van der Waals surface area contributed by atoms with Crippen molar-refractivity contribution in [2.24, 2.45) is 0 Å². The minimum atomic E-state index is 0.0812. The fourth-order valence-electron chi connectivity index (χ4n) is 1.83. The molecular weight excluding hydrogens is 218 g/mol. The van der Waals surface area contributed by atoms with Gasteiger partial charge in [0.1, 0.15) is 5.01 Å². The topological polar surface area (TPSA) is 33.1 Å². The van der Waals surface area contributed by atoms with Gasteiger partial charge in [-0.3, -0.25) is 0 Å². The Morgan fingerprint density at radius 1 is 1.25 bits per heavy atom. The van der Waals surface area contributed by atoms with Crippen LogP contribution in [0, 0.1) is 0 Å². The Morgan fingerprint density at radius 2 is 2.00 bits per heavy atom. The molecule has 0 unspecified atom stereocenters. The van der Waals surface area contributed by atoms with E-state index in [1.165, 1.54) is 18.4 Å². The molecule has 1 aliphatic rings. The minimum absolute atomic E-state index is 0.0812. The second-order valence-corrected chi connectivity index (χ2v) is 5.30. The first-order valence-electron chi connectivity index (χ1n) is 5.53. The van der Waals surface area contributed by atoms with E-state index in [2.05, 4.69) is 29.2 Å². The van der Waals surface area contributed by atoms with Gasteiger partial charge in [-0.15, -0.1) is 11.3 Å². The summed E-state index contributed by atoms with van der Waals surface area (Å²) in [6, 6.07) is 8.67. The summed E-state index contributed by atoms with van der Waals surface area (Å²) in [5.41, 5.74) is 2.59. The van der Waals surface area contributed by atoms with Crippen molar-refractivity contribution >= 4 is 11.3 Å². The number of thiazole rings is 1. The van der Waals surface area contributed by atoms with E-state index in [9.17, 15) is 0 Å².